The van der Waals surface area contributed by atoms with Gasteiger partial charge in [-0.05, 0) is 37.5 Å². The van der Waals surface area contributed by atoms with Crippen molar-refractivity contribution in [3.05, 3.63) is 29.8 Å². The molecule has 1 N–H and O–H groups in total. The fraction of sp³-hybridized carbons (Fsp3) is 0.529. The van der Waals surface area contributed by atoms with Crippen molar-refractivity contribution >= 4 is 11.6 Å². The molecule has 1 heterocycles. The summed E-state index contributed by atoms with van der Waals surface area (Å²) in [6, 6.07) is 5.77. The van der Waals surface area contributed by atoms with Gasteiger partial charge in [-0.1, -0.05) is 18.9 Å². The van der Waals surface area contributed by atoms with Crippen LogP contribution in [0.4, 0.5) is 13.2 Å². The minimum Gasteiger partial charge on any atom is -0.497 e. The normalized spacial score (nSPS) is 26.7. The number of nitrogens with zero attached hydrogens (tertiary/aromatic N) is 2. The number of ether oxygens (including phenoxy) is 1. The molecular weight excluding hydrogens is 337 g/mol. The highest BCUT2D eigenvalue weighted by Gasteiger charge is 2.68. The fourth-order valence-corrected chi connectivity index (χ4v) is 3.47. The quantitative estimate of drug-likeness (QED) is 0.884. The first-order chi connectivity index (χ1) is 11.8. The van der Waals surface area contributed by atoms with Gasteiger partial charge in [-0.25, -0.2) is 0 Å². The minimum atomic E-state index is -5.01. The molecule has 25 heavy (non-hydrogen) atoms. The van der Waals surface area contributed by atoms with Crippen LogP contribution in [0.3, 0.4) is 0 Å². The molecule has 1 aromatic carbocycles. The lowest BCUT2D eigenvalue weighted by Crippen LogP contribution is -2.61. The Hall–Kier alpha value is -2.09. The second kappa shape index (κ2) is 6.33. The highest BCUT2D eigenvalue weighted by molar-refractivity contribution is 5.99. The van der Waals surface area contributed by atoms with Gasteiger partial charge in [0.2, 0.25) is 0 Å². The zero-order chi connectivity index (χ0) is 18.2. The smallest absolute Gasteiger partial charge is 0.439 e. The highest BCUT2D eigenvalue weighted by Crippen LogP contribution is 2.48. The topological polar surface area (TPSA) is 62.1 Å². The van der Waals surface area contributed by atoms with Gasteiger partial charge in [-0.15, -0.1) is 0 Å². The van der Waals surface area contributed by atoms with Crippen LogP contribution in [0.5, 0.6) is 5.75 Å². The predicted octanol–water partition coefficient (Wildman–Crippen LogP) is 3.34. The van der Waals surface area contributed by atoms with E-state index >= 15 is 0 Å². The number of carbonyl (C=O) groups excluding carboxylic acids is 1. The summed E-state index contributed by atoms with van der Waals surface area (Å²) in [5, 5.41) is 14.7. The Balaban J connectivity index is 2.04. The van der Waals surface area contributed by atoms with Crippen LogP contribution in [0, 0.1) is 5.92 Å². The number of aliphatic hydroxyl groups is 1. The molecule has 0 unspecified atom stereocenters. The average molecular weight is 356 g/mol. The number of amides is 1. The molecule has 0 bridgehead atoms. The molecule has 2 atom stereocenters. The van der Waals surface area contributed by atoms with Gasteiger partial charge in [0.05, 0.1) is 13.0 Å². The third-order valence-electron chi connectivity index (χ3n) is 4.79. The average Bonchev–Trinajstić information content (AvgIpc) is 2.74. The Kier molecular flexibility index (Phi) is 4.49. The van der Waals surface area contributed by atoms with Crippen LogP contribution in [-0.2, 0) is 0 Å². The summed E-state index contributed by atoms with van der Waals surface area (Å²) in [7, 11) is 1.39. The number of halogens is 3. The van der Waals surface area contributed by atoms with E-state index in [1.165, 1.54) is 25.3 Å². The van der Waals surface area contributed by atoms with Crippen molar-refractivity contribution in [1.29, 1.82) is 0 Å². The number of methoxy groups -OCH3 is 1. The largest absolute Gasteiger partial charge is 0.497 e. The molecule has 0 aromatic heterocycles. The molecule has 1 saturated carbocycles. The molecule has 0 saturated heterocycles. The number of hydrazone groups is 1. The third-order valence-corrected chi connectivity index (χ3v) is 4.79. The van der Waals surface area contributed by atoms with Crippen molar-refractivity contribution in [1.82, 2.24) is 5.01 Å². The molecule has 136 valence electrons. The molecule has 0 radical (unpaired) electrons. The van der Waals surface area contributed by atoms with Crippen molar-refractivity contribution in [2.24, 2.45) is 11.0 Å². The van der Waals surface area contributed by atoms with Gasteiger partial charge < -0.3 is 9.84 Å². The zero-order valence-corrected chi connectivity index (χ0v) is 13.7. The standard InChI is InChI=1S/C17H19F3N2O3/c1-25-12-7-5-6-11(10-12)15(23)22-16(24,17(18,19)20)13-8-3-2-4-9-14(13)21-22/h5-7,10,13,24H,2-4,8-9H2,1H3/t13-,16-/m0/s1. The van der Waals surface area contributed by atoms with Crippen LogP contribution >= 0.6 is 0 Å². The van der Waals surface area contributed by atoms with Crippen molar-refractivity contribution < 1.29 is 27.8 Å². The Morgan fingerprint density at radius 3 is 2.80 bits per heavy atom. The molecule has 1 aromatic rings. The Labute approximate surface area is 143 Å². The van der Waals surface area contributed by atoms with Gasteiger partial charge >= 0.3 is 6.18 Å². The first kappa shape index (κ1) is 17.7. The van der Waals surface area contributed by atoms with E-state index in [1.807, 2.05) is 0 Å². The lowest BCUT2D eigenvalue weighted by molar-refractivity contribution is -0.312. The van der Waals surface area contributed by atoms with E-state index in [0.29, 0.717) is 25.0 Å². The number of hydrogen-bond acceptors (Lipinski definition) is 4. The Bertz CT molecular complexity index is 705. The predicted molar refractivity (Wildman–Crippen MR) is 84.2 cm³/mol. The number of carbonyl (C=O) groups is 1. The summed E-state index contributed by atoms with van der Waals surface area (Å²) in [5.41, 5.74) is -3.09. The summed E-state index contributed by atoms with van der Waals surface area (Å²) in [6.45, 7) is 0. The summed E-state index contributed by atoms with van der Waals surface area (Å²) >= 11 is 0. The van der Waals surface area contributed by atoms with Crippen LogP contribution in [0.15, 0.2) is 29.4 Å². The molecule has 5 nitrogen and oxygen atoms in total. The molecule has 2 aliphatic rings. The summed E-state index contributed by atoms with van der Waals surface area (Å²) in [6.07, 6.45) is -2.47. The molecule has 1 aliphatic heterocycles. The van der Waals surface area contributed by atoms with Gasteiger partial charge in [0.15, 0.2) is 0 Å². The molecule has 1 fully saturated rings. The van der Waals surface area contributed by atoms with Gasteiger partial charge in [0, 0.05) is 11.3 Å². The first-order valence-electron chi connectivity index (χ1n) is 8.14. The maximum atomic E-state index is 13.8. The SMILES string of the molecule is COc1cccc(C(=O)N2N=C3CCCCC[C@@H]3[C@]2(O)C(F)(F)F)c1. The number of fused-ring (bicyclic) bond motifs is 1. The molecule has 3 rings (SSSR count). The van der Waals surface area contributed by atoms with Crippen LogP contribution in [-0.4, -0.2) is 40.7 Å². The summed E-state index contributed by atoms with van der Waals surface area (Å²) in [5.74, 6) is -1.88. The Morgan fingerprint density at radius 1 is 1.36 bits per heavy atom. The number of rotatable bonds is 2. The second-order valence-electron chi connectivity index (χ2n) is 6.32. The first-order valence-corrected chi connectivity index (χ1v) is 8.14. The van der Waals surface area contributed by atoms with E-state index < -0.39 is 23.7 Å². The van der Waals surface area contributed by atoms with Crippen LogP contribution in [0.2, 0.25) is 0 Å². The molecule has 1 aliphatic carbocycles. The van der Waals surface area contributed by atoms with E-state index in [4.69, 9.17) is 4.74 Å². The van der Waals surface area contributed by atoms with E-state index in [9.17, 15) is 23.1 Å². The summed E-state index contributed by atoms with van der Waals surface area (Å²) in [4.78, 5) is 12.7. The van der Waals surface area contributed by atoms with Gasteiger partial charge in [-0.2, -0.15) is 23.3 Å². The molecule has 0 spiro atoms. The zero-order valence-electron chi connectivity index (χ0n) is 13.7. The van der Waals surface area contributed by atoms with Gasteiger partial charge in [0.25, 0.3) is 11.6 Å². The van der Waals surface area contributed by atoms with Crippen molar-refractivity contribution in [3.63, 3.8) is 0 Å². The van der Waals surface area contributed by atoms with E-state index in [1.54, 1.807) is 6.07 Å². The molecular formula is C17H19F3N2O3. The lowest BCUT2D eigenvalue weighted by atomic mass is 9.87. The van der Waals surface area contributed by atoms with E-state index in [2.05, 4.69) is 5.10 Å². The molecule has 1 amide bonds. The summed E-state index contributed by atoms with van der Waals surface area (Å²) < 4.78 is 46.3. The lowest BCUT2D eigenvalue weighted by Gasteiger charge is -2.37. The fourth-order valence-electron chi connectivity index (χ4n) is 3.47. The number of hydrogen-bond donors (Lipinski definition) is 1. The monoisotopic (exact) mass is 356 g/mol. The van der Waals surface area contributed by atoms with Gasteiger partial charge in [-0.3, -0.25) is 4.79 Å². The maximum Gasteiger partial charge on any atom is 0.439 e. The van der Waals surface area contributed by atoms with E-state index in [-0.39, 0.29) is 22.7 Å². The highest BCUT2D eigenvalue weighted by atomic mass is 19.4. The number of benzene rings is 1. The van der Waals surface area contributed by atoms with Gasteiger partial charge in [0.1, 0.15) is 5.75 Å². The number of alkyl halides is 3. The van der Waals surface area contributed by atoms with Crippen LogP contribution in [0.1, 0.15) is 42.5 Å². The van der Waals surface area contributed by atoms with Crippen LogP contribution in [0.25, 0.3) is 0 Å². The molecule has 8 heteroatoms. The second-order valence-corrected chi connectivity index (χ2v) is 6.32. The van der Waals surface area contributed by atoms with Crippen molar-refractivity contribution in [3.8, 4) is 5.75 Å². The third kappa shape index (κ3) is 2.88. The minimum absolute atomic E-state index is 0.0252. The Morgan fingerprint density at radius 2 is 2.12 bits per heavy atom. The van der Waals surface area contributed by atoms with E-state index in [0.717, 1.165) is 6.42 Å². The van der Waals surface area contributed by atoms with Crippen molar-refractivity contribution in [2.75, 3.05) is 7.11 Å². The van der Waals surface area contributed by atoms with Crippen LogP contribution < -0.4 is 4.74 Å². The van der Waals surface area contributed by atoms with Crippen molar-refractivity contribution in [2.45, 2.75) is 44.0 Å². The maximum absolute atomic E-state index is 13.8.